The number of anilines is 1. The number of nitrogens with one attached hydrogen (secondary N) is 1. The Hall–Kier alpha value is -2.47. The minimum atomic E-state index is -4.80. The third-order valence-electron chi connectivity index (χ3n) is 3.92. The molecule has 0 spiro atoms. The summed E-state index contributed by atoms with van der Waals surface area (Å²) in [5.74, 6) is -3.10. The summed E-state index contributed by atoms with van der Waals surface area (Å²) in [5, 5.41) is 15.7. The molecule has 0 aliphatic carbocycles. The highest BCUT2D eigenvalue weighted by Crippen LogP contribution is 2.32. The van der Waals surface area contributed by atoms with Gasteiger partial charge in [-0.3, -0.25) is 14.1 Å². The van der Waals surface area contributed by atoms with Gasteiger partial charge in [-0.1, -0.05) is 5.16 Å². The summed E-state index contributed by atoms with van der Waals surface area (Å²) in [6.45, 7) is 1.39. The molecule has 3 atom stereocenters. The summed E-state index contributed by atoms with van der Waals surface area (Å²) < 4.78 is 32.0. The molecule has 0 aromatic carbocycles. The molecular weight excluding hydrogens is 476 g/mol. The summed E-state index contributed by atoms with van der Waals surface area (Å²) in [6, 6.07) is -1.26. The van der Waals surface area contributed by atoms with Crippen LogP contribution in [0.2, 0.25) is 0 Å². The minimum Gasteiger partial charge on any atom is -0.478 e. The van der Waals surface area contributed by atoms with E-state index in [0.29, 0.717) is 11.9 Å². The Kier molecular flexibility index (Phi) is 7.82. The van der Waals surface area contributed by atoms with Crippen molar-refractivity contribution in [3.05, 3.63) is 11.1 Å². The lowest BCUT2D eigenvalue weighted by molar-refractivity contribution is -0.163. The number of β-lactam (4-membered cyclic amide) rings is 1. The van der Waals surface area contributed by atoms with E-state index in [1.165, 1.54) is 6.92 Å². The van der Waals surface area contributed by atoms with Crippen LogP contribution in [0.25, 0.3) is 0 Å². The fourth-order valence-electron chi connectivity index (χ4n) is 2.45. The van der Waals surface area contributed by atoms with Gasteiger partial charge in [-0.05, 0) is 6.92 Å². The lowest BCUT2D eigenvalue weighted by atomic mass is 10.0. The van der Waals surface area contributed by atoms with Crippen molar-refractivity contribution >= 4 is 62.5 Å². The van der Waals surface area contributed by atoms with E-state index in [0.717, 1.165) is 23.1 Å². The number of thioether (sulfide) groups is 1. The fraction of sp³-hybridized carbons (Fsp3) is 0.500. The van der Waals surface area contributed by atoms with Gasteiger partial charge in [0.15, 0.2) is 5.13 Å². The first-order valence-electron chi connectivity index (χ1n) is 8.46. The first kappa shape index (κ1) is 24.8. The predicted octanol–water partition coefficient (Wildman–Crippen LogP) is -1.74. The monoisotopic (exact) mass is 496 g/mol. The highest BCUT2D eigenvalue weighted by atomic mass is 32.2. The van der Waals surface area contributed by atoms with Gasteiger partial charge in [0, 0.05) is 24.1 Å². The number of amides is 2. The maximum Gasteiger partial charge on any atom is 0.363 e. The number of rotatable bonds is 11. The van der Waals surface area contributed by atoms with Crippen molar-refractivity contribution in [2.24, 2.45) is 10.9 Å². The molecule has 1 fully saturated rings. The van der Waals surface area contributed by atoms with Gasteiger partial charge in [0.2, 0.25) is 5.60 Å². The summed E-state index contributed by atoms with van der Waals surface area (Å²) in [7, 11) is -4.80. The highest BCUT2D eigenvalue weighted by molar-refractivity contribution is 8.00. The van der Waals surface area contributed by atoms with Crippen LogP contribution in [0.15, 0.2) is 10.5 Å². The van der Waals surface area contributed by atoms with E-state index in [4.69, 9.17) is 20.9 Å². The summed E-state index contributed by atoms with van der Waals surface area (Å²) in [4.78, 5) is 44.5. The van der Waals surface area contributed by atoms with Crippen LogP contribution in [0.1, 0.15) is 12.6 Å². The Morgan fingerprint density at radius 2 is 2.23 bits per heavy atom. The van der Waals surface area contributed by atoms with Gasteiger partial charge < -0.3 is 26.7 Å². The number of carboxylic acids is 1. The van der Waals surface area contributed by atoms with Crippen molar-refractivity contribution in [1.82, 2.24) is 14.6 Å². The molecule has 2 heterocycles. The first-order valence-corrected chi connectivity index (χ1v) is 11.8. The summed E-state index contributed by atoms with van der Waals surface area (Å²) >= 11 is 2.06. The maximum atomic E-state index is 12.1. The first-order chi connectivity index (χ1) is 14.4. The molecule has 17 heteroatoms. The van der Waals surface area contributed by atoms with Crippen LogP contribution < -0.4 is 16.8 Å². The quantitative estimate of drug-likeness (QED) is 0.0995. The van der Waals surface area contributed by atoms with Crippen LogP contribution in [-0.4, -0.2) is 80.7 Å². The Labute approximate surface area is 184 Å². The average molecular weight is 497 g/mol. The van der Waals surface area contributed by atoms with Crippen molar-refractivity contribution < 1.29 is 37.3 Å². The molecule has 172 valence electrons. The number of hydrogen-bond donors (Lipinski definition) is 5. The molecule has 1 aliphatic heterocycles. The van der Waals surface area contributed by atoms with Gasteiger partial charge in [0.05, 0.1) is 5.69 Å². The molecule has 1 aromatic heterocycles. The van der Waals surface area contributed by atoms with Crippen LogP contribution in [0.3, 0.4) is 0 Å². The molecule has 14 nitrogen and oxygen atoms in total. The van der Waals surface area contributed by atoms with E-state index in [1.807, 2.05) is 0 Å². The van der Waals surface area contributed by atoms with E-state index < -0.39 is 45.1 Å². The Morgan fingerprint density at radius 1 is 1.55 bits per heavy atom. The molecule has 1 aromatic rings. The minimum absolute atomic E-state index is 0.170. The zero-order chi connectivity index (χ0) is 23.4. The summed E-state index contributed by atoms with van der Waals surface area (Å²) in [5.41, 5.74) is 9.37. The lowest BCUT2D eigenvalue weighted by Crippen LogP contribution is -2.70. The lowest BCUT2D eigenvalue weighted by Gasteiger charge is -2.43. The Balaban J connectivity index is 2.01. The van der Waals surface area contributed by atoms with Gasteiger partial charge in [-0.25, -0.2) is 9.78 Å². The van der Waals surface area contributed by atoms with Gasteiger partial charge in [-0.15, -0.1) is 23.1 Å². The molecule has 0 radical (unpaired) electrons. The number of nitrogens with two attached hydrogens (primary N) is 2. The average Bonchev–Trinajstić information content (AvgIpc) is 3.06. The normalized spacial score (nSPS) is 20.9. The van der Waals surface area contributed by atoms with Gasteiger partial charge in [0.25, 0.3) is 11.8 Å². The van der Waals surface area contributed by atoms with Crippen molar-refractivity contribution in [2.75, 3.05) is 18.0 Å². The molecule has 2 amide bonds. The number of aliphatic carboxylic acids is 1. The SMILES string of the molecule is CC(Cc1csc(N)n1)(ON=CC(=O)N[C@@H]1C(=O)N(S(=O)(=O)O)[C@@H]1SCCN)C(=O)O. The molecule has 7 N–H and O–H groups in total. The summed E-state index contributed by atoms with van der Waals surface area (Å²) in [6.07, 6.45) is 0.419. The molecule has 0 bridgehead atoms. The smallest absolute Gasteiger partial charge is 0.363 e. The molecule has 0 saturated carbocycles. The van der Waals surface area contributed by atoms with Crippen molar-refractivity contribution in [1.29, 1.82) is 0 Å². The second kappa shape index (κ2) is 9.77. The largest absolute Gasteiger partial charge is 0.478 e. The maximum absolute atomic E-state index is 12.1. The zero-order valence-corrected chi connectivity index (χ0v) is 18.4. The van der Waals surface area contributed by atoms with Gasteiger partial charge in [0.1, 0.15) is 17.6 Å². The van der Waals surface area contributed by atoms with Gasteiger partial charge >= 0.3 is 16.3 Å². The number of thiazole rings is 1. The molecule has 1 aliphatic rings. The number of oxime groups is 1. The second-order valence-corrected chi connectivity index (χ2v) is 9.77. The zero-order valence-electron chi connectivity index (χ0n) is 16.0. The number of carbonyl (C=O) groups is 3. The Morgan fingerprint density at radius 3 is 2.74 bits per heavy atom. The van der Waals surface area contributed by atoms with Crippen molar-refractivity contribution in [3.8, 4) is 0 Å². The van der Waals surface area contributed by atoms with Crippen LogP contribution in [0, 0.1) is 0 Å². The Bertz CT molecular complexity index is 982. The van der Waals surface area contributed by atoms with Gasteiger partial charge in [-0.2, -0.15) is 12.7 Å². The van der Waals surface area contributed by atoms with E-state index in [-0.39, 0.29) is 28.2 Å². The van der Waals surface area contributed by atoms with Crippen LogP contribution in [0.5, 0.6) is 0 Å². The van der Waals surface area contributed by atoms with Crippen molar-refractivity contribution in [3.63, 3.8) is 0 Å². The van der Waals surface area contributed by atoms with E-state index >= 15 is 0 Å². The van der Waals surface area contributed by atoms with E-state index in [9.17, 15) is 27.9 Å². The number of hydrogen-bond acceptors (Lipinski definition) is 12. The predicted molar refractivity (Wildman–Crippen MR) is 111 cm³/mol. The van der Waals surface area contributed by atoms with Crippen LogP contribution >= 0.6 is 23.1 Å². The molecular formula is C14H20N6O8S3. The number of nitrogens with zero attached hydrogens (tertiary/aromatic N) is 3. The highest BCUT2D eigenvalue weighted by Gasteiger charge is 2.54. The second-order valence-electron chi connectivity index (χ2n) is 6.36. The molecule has 31 heavy (non-hydrogen) atoms. The fourth-order valence-corrected chi connectivity index (χ4v) is 5.24. The van der Waals surface area contributed by atoms with E-state index in [1.54, 1.807) is 5.38 Å². The van der Waals surface area contributed by atoms with E-state index in [2.05, 4.69) is 15.5 Å². The van der Waals surface area contributed by atoms with Crippen LogP contribution in [-0.2, 0) is 35.9 Å². The topological polar surface area (TPSA) is 228 Å². The third-order valence-corrected chi connectivity index (χ3v) is 6.97. The molecule has 2 rings (SSSR count). The van der Waals surface area contributed by atoms with Crippen LogP contribution in [0.4, 0.5) is 5.13 Å². The number of carbonyl (C=O) groups excluding carboxylic acids is 2. The van der Waals surface area contributed by atoms with Crippen molar-refractivity contribution in [2.45, 2.75) is 30.4 Å². The standard InChI is InChI=1S/C14H20N6O8S3/c1-14(12(23)24,4-7-6-30-13(16)18-7)28-17-5-8(21)19-9-10(22)20(31(25,26)27)11(9)29-3-2-15/h5-6,9,11H,2-4,15H2,1H3,(H2,16,18)(H,19,21)(H,23,24)(H,25,26,27)/t9-,11-,14?/m1/s1. The number of carboxylic acid groups (broad SMARTS) is 1. The molecule has 1 saturated heterocycles. The molecule has 1 unspecified atom stereocenters. The number of aromatic nitrogens is 1. The third kappa shape index (κ3) is 6.03. The number of nitrogen functional groups attached to an aromatic ring is 1.